The zero-order valence-electron chi connectivity index (χ0n) is 14.9. The van der Waals surface area contributed by atoms with Gasteiger partial charge in [-0.15, -0.1) is 0 Å². The second-order valence-corrected chi connectivity index (χ2v) is 6.59. The van der Waals surface area contributed by atoms with Crippen LogP contribution < -0.4 is 4.90 Å². The number of aromatic nitrogens is 1. The van der Waals surface area contributed by atoms with Gasteiger partial charge in [-0.1, -0.05) is 37.3 Å². The molecule has 2 heterocycles. The van der Waals surface area contributed by atoms with Crippen LogP contribution in [0.1, 0.15) is 29.8 Å². The lowest BCUT2D eigenvalue weighted by molar-refractivity contribution is 0.114. The highest BCUT2D eigenvalue weighted by Crippen LogP contribution is 2.33. The second kappa shape index (κ2) is 6.77. The highest BCUT2D eigenvalue weighted by Gasteiger charge is 2.28. The van der Waals surface area contributed by atoms with Gasteiger partial charge in [0.1, 0.15) is 0 Å². The summed E-state index contributed by atoms with van der Waals surface area (Å²) in [6.45, 7) is 6.01. The summed E-state index contributed by atoms with van der Waals surface area (Å²) >= 11 is 0. The van der Waals surface area contributed by atoms with Gasteiger partial charge in [-0.25, -0.2) is 0 Å². The van der Waals surface area contributed by atoms with Crippen LogP contribution in [0.25, 0.3) is 5.69 Å². The van der Waals surface area contributed by atoms with Gasteiger partial charge < -0.3 is 14.2 Å². The number of rotatable bonds is 4. The van der Waals surface area contributed by atoms with Gasteiger partial charge in [-0.3, -0.25) is 0 Å². The molecule has 3 aromatic rings. The number of hydrogen-bond acceptors (Lipinski definition) is 2. The fourth-order valence-corrected chi connectivity index (χ4v) is 3.59. The van der Waals surface area contributed by atoms with E-state index in [0.717, 1.165) is 19.6 Å². The fraction of sp³-hybridized carbons (Fsp3) is 0.273. The lowest BCUT2D eigenvalue weighted by Crippen LogP contribution is -2.23. The van der Waals surface area contributed by atoms with Crippen LogP contribution in [0.5, 0.6) is 0 Å². The van der Waals surface area contributed by atoms with Crippen LogP contribution in [-0.4, -0.2) is 17.7 Å². The molecule has 0 N–H and O–H groups in total. The molecule has 0 unspecified atom stereocenters. The van der Waals surface area contributed by atoms with Gasteiger partial charge in [0.15, 0.2) is 6.23 Å². The molecule has 1 aliphatic rings. The first kappa shape index (κ1) is 16.0. The Morgan fingerprint density at radius 1 is 1.08 bits per heavy atom. The molecule has 1 saturated heterocycles. The highest BCUT2D eigenvalue weighted by molar-refractivity contribution is 5.51. The van der Waals surface area contributed by atoms with E-state index in [-0.39, 0.29) is 6.23 Å². The summed E-state index contributed by atoms with van der Waals surface area (Å²) in [5.74, 6) is 0. The van der Waals surface area contributed by atoms with Crippen LogP contribution in [0.3, 0.4) is 0 Å². The number of hydrogen-bond donors (Lipinski definition) is 0. The minimum absolute atomic E-state index is 0.0168. The summed E-state index contributed by atoms with van der Waals surface area (Å²) in [6, 6.07) is 19.4. The van der Waals surface area contributed by atoms with E-state index in [1.807, 2.05) is 0 Å². The van der Waals surface area contributed by atoms with Crippen molar-refractivity contribution < 1.29 is 4.74 Å². The first-order chi connectivity index (χ1) is 12.3. The quantitative estimate of drug-likeness (QED) is 0.677. The Bertz CT molecular complexity index is 868. The average Bonchev–Trinajstić information content (AvgIpc) is 3.30. The third-order valence-electron chi connectivity index (χ3n) is 4.88. The van der Waals surface area contributed by atoms with Crippen molar-refractivity contribution in [1.82, 2.24) is 4.57 Å². The molecule has 3 heteroatoms. The van der Waals surface area contributed by atoms with Crippen LogP contribution in [0.15, 0.2) is 67.0 Å². The minimum atomic E-state index is -0.0168. The Kier molecular flexibility index (Phi) is 4.33. The van der Waals surface area contributed by atoms with Gasteiger partial charge in [0, 0.05) is 35.9 Å². The highest BCUT2D eigenvalue weighted by atomic mass is 16.5. The van der Waals surface area contributed by atoms with E-state index in [0.29, 0.717) is 0 Å². The van der Waals surface area contributed by atoms with E-state index in [1.54, 1.807) is 0 Å². The van der Waals surface area contributed by atoms with Gasteiger partial charge in [-0.05, 0) is 48.7 Å². The molecule has 25 heavy (non-hydrogen) atoms. The van der Waals surface area contributed by atoms with Crippen LogP contribution in [-0.2, 0) is 11.2 Å². The van der Waals surface area contributed by atoms with Crippen molar-refractivity contribution in [3.05, 3.63) is 83.7 Å². The number of nitrogens with zero attached hydrogens (tertiary/aromatic N) is 2. The average molecular weight is 332 g/mol. The van der Waals surface area contributed by atoms with E-state index in [1.165, 1.54) is 28.1 Å². The van der Waals surface area contributed by atoms with Crippen molar-refractivity contribution in [2.24, 2.45) is 0 Å². The molecule has 4 rings (SSSR count). The molecule has 1 aliphatic heterocycles. The van der Waals surface area contributed by atoms with Crippen molar-refractivity contribution in [3.63, 3.8) is 0 Å². The molecule has 0 aliphatic carbocycles. The van der Waals surface area contributed by atoms with Crippen molar-refractivity contribution in [2.75, 3.05) is 18.1 Å². The first-order valence-electron chi connectivity index (χ1n) is 8.97. The number of para-hydroxylation sites is 1. The number of aryl methyl sites for hydroxylation is 2. The van der Waals surface area contributed by atoms with Crippen LogP contribution in [0.4, 0.5) is 5.69 Å². The van der Waals surface area contributed by atoms with Gasteiger partial charge in [0.25, 0.3) is 0 Å². The van der Waals surface area contributed by atoms with E-state index >= 15 is 0 Å². The smallest absolute Gasteiger partial charge is 0.158 e. The predicted octanol–water partition coefficient (Wildman–Crippen LogP) is 4.88. The maximum Gasteiger partial charge on any atom is 0.158 e. The summed E-state index contributed by atoms with van der Waals surface area (Å²) in [4.78, 5) is 2.35. The molecule has 128 valence electrons. The lowest BCUT2D eigenvalue weighted by atomic mass is 10.1. The third kappa shape index (κ3) is 3.08. The molecular formula is C22H24N2O. The Hall–Kier alpha value is -2.52. The van der Waals surface area contributed by atoms with Crippen molar-refractivity contribution >= 4 is 5.69 Å². The van der Waals surface area contributed by atoms with Crippen molar-refractivity contribution in [3.8, 4) is 5.69 Å². The summed E-state index contributed by atoms with van der Waals surface area (Å²) in [7, 11) is 0. The Labute approximate surface area is 149 Å². The molecule has 2 aromatic carbocycles. The summed E-state index contributed by atoms with van der Waals surface area (Å²) in [5.41, 5.74) is 6.30. The molecule has 0 amide bonds. The van der Waals surface area contributed by atoms with Gasteiger partial charge in [0.2, 0.25) is 0 Å². The zero-order valence-corrected chi connectivity index (χ0v) is 14.9. The van der Waals surface area contributed by atoms with Crippen LogP contribution >= 0.6 is 0 Å². The monoisotopic (exact) mass is 332 g/mol. The minimum Gasteiger partial charge on any atom is -0.352 e. The SMILES string of the molecule is CCc1ccccc1-n1ccc([C@H]2OCCN2c2cccc(C)c2)c1. The maximum absolute atomic E-state index is 6.06. The lowest BCUT2D eigenvalue weighted by Gasteiger charge is -2.25. The zero-order chi connectivity index (χ0) is 17.2. The summed E-state index contributed by atoms with van der Waals surface area (Å²) < 4.78 is 8.28. The van der Waals surface area contributed by atoms with Crippen molar-refractivity contribution in [1.29, 1.82) is 0 Å². The molecule has 0 saturated carbocycles. The van der Waals surface area contributed by atoms with E-state index in [2.05, 4.69) is 90.3 Å². The van der Waals surface area contributed by atoms with E-state index < -0.39 is 0 Å². The molecule has 1 fully saturated rings. The van der Waals surface area contributed by atoms with E-state index in [4.69, 9.17) is 4.74 Å². The molecule has 3 nitrogen and oxygen atoms in total. The van der Waals surface area contributed by atoms with Crippen LogP contribution in [0, 0.1) is 6.92 Å². The molecule has 0 radical (unpaired) electrons. The molecule has 0 spiro atoms. The topological polar surface area (TPSA) is 17.4 Å². The number of anilines is 1. The second-order valence-electron chi connectivity index (χ2n) is 6.59. The van der Waals surface area contributed by atoms with Crippen molar-refractivity contribution in [2.45, 2.75) is 26.5 Å². The predicted molar refractivity (Wildman–Crippen MR) is 102 cm³/mol. The Morgan fingerprint density at radius 3 is 2.80 bits per heavy atom. The number of benzene rings is 2. The van der Waals surface area contributed by atoms with Gasteiger partial charge >= 0.3 is 0 Å². The van der Waals surface area contributed by atoms with Crippen LogP contribution in [0.2, 0.25) is 0 Å². The Morgan fingerprint density at radius 2 is 1.96 bits per heavy atom. The van der Waals surface area contributed by atoms with E-state index in [9.17, 15) is 0 Å². The third-order valence-corrected chi connectivity index (χ3v) is 4.88. The maximum atomic E-state index is 6.06. The number of ether oxygens (including phenoxy) is 1. The molecule has 0 bridgehead atoms. The molecular weight excluding hydrogens is 308 g/mol. The molecule has 1 atom stereocenters. The summed E-state index contributed by atoms with van der Waals surface area (Å²) in [6.07, 6.45) is 5.35. The summed E-state index contributed by atoms with van der Waals surface area (Å²) in [5, 5.41) is 0. The van der Waals surface area contributed by atoms with Gasteiger partial charge in [-0.2, -0.15) is 0 Å². The van der Waals surface area contributed by atoms with Gasteiger partial charge in [0.05, 0.1) is 6.61 Å². The normalized spacial score (nSPS) is 17.2. The standard InChI is InChI=1S/C22H24N2O/c1-3-18-8-4-5-10-21(18)23-12-11-19(16-23)22-24(13-14-25-22)20-9-6-7-17(2)15-20/h4-12,15-16,22H,3,13-14H2,1-2H3/t22-/m1/s1. The largest absolute Gasteiger partial charge is 0.352 e. The Balaban J connectivity index is 1.65. The fourth-order valence-electron chi connectivity index (χ4n) is 3.59. The molecule has 1 aromatic heterocycles. The first-order valence-corrected chi connectivity index (χ1v) is 8.97.